The molecule has 3 N–H and O–H groups in total. The minimum absolute atomic E-state index is 0.108. The molecule has 18 heavy (non-hydrogen) atoms. The van der Waals surface area contributed by atoms with Gasteiger partial charge in [-0.25, -0.2) is 0 Å². The average Bonchev–Trinajstić information content (AvgIpc) is 2.35. The van der Waals surface area contributed by atoms with Crippen molar-refractivity contribution in [3.63, 3.8) is 0 Å². The van der Waals surface area contributed by atoms with E-state index in [4.69, 9.17) is 5.84 Å². The molecule has 0 aromatic heterocycles. The van der Waals surface area contributed by atoms with Gasteiger partial charge in [-0.3, -0.25) is 21.0 Å². The number of rotatable bonds is 7. The predicted octanol–water partition coefficient (Wildman–Crippen LogP) is 0.420. The third-order valence-electron chi connectivity index (χ3n) is 3.48. The van der Waals surface area contributed by atoms with Gasteiger partial charge in [0.2, 0.25) is 5.91 Å². The lowest BCUT2D eigenvalue weighted by Crippen LogP contribution is -2.51. The van der Waals surface area contributed by atoms with Crippen LogP contribution in [0.3, 0.4) is 0 Å². The number of nitrogens with zero attached hydrogens (tertiary/aromatic N) is 2. The summed E-state index contributed by atoms with van der Waals surface area (Å²) in [5.74, 6) is 6.08. The lowest BCUT2D eigenvalue weighted by molar-refractivity contribution is -0.131. The maximum Gasteiger partial charge on any atom is 0.238 e. The minimum Gasteiger partial charge on any atom is -0.339 e. The monoisotopic (exact) mass is 256 g/mol. The van der Waals surface area contributed by atoms with E-state index in [0.717, 1.165) is 32.1 Å². The van der Waals surface area contributed by atoms with Crippen LogP contribution in [0.25, 0.3) is 0 Å². The molecular formula is C13H28N4O. The standard InChI is InChI=1S/C13H28N4O/c1-12(2)5-3-4-6-16-7-9-17(10-8-16)13(18)11-15-14/h12,15H,3-11,14H2,1-2H3. The molecule has 1 saturated heterocycles. The lowest BCUT2D eigenvalue weighted by atomic mass is 10.1. The Morgan fingerprint density at radius 2 is 1.89 bits per heavy atom. The Morgan fingerprint density at radius 1 is 1.22 bits per heavy atom. The third-order valence-corrected chi connectivity index (χ3v) is 3.48. The first-order valence-corrected chi connectivity index (χ1v) is 7.07. The number of amides is 1. The molecular weight excluding hydrogens is 228 g/mol. The second-order valence-corrected chi connectivity index (χ2v) is 5.49. The topological polar surface area (TPSA) is 61.6 Å². The first-order valence-electron chi connectivity index (χ1n) is 7.07. The first-order chi connectivity index (χ1) is 8.63. The van der Waals surface area contributed by atoms with Crippen LogP contribution >= 0.6 is 0 Å². The smallest absolute Gasteiger partial charge is 0.238 e. The van der Waals surface area contributed by atoms with Crippen LogP contribution in [0.4, 0.5) is 0 Å². The van der Waals surface area contributed by atoms with Gasteiger partial charge in [0.1, 0.15) is 0 Å². The number of piperazine rings is 1. The van der Waals surface area contributed by atoms with Gasteiger partial charge in [-0.05, 0) is 18.9 Å². The number of hydrogen-bond acceptors (Lipinski definition) is 4. The summed E-state index contributed by atoms with van der Waals surface area (Å²) in [5.41, 5.74) is 2.42. The van der Waals surface area contributed by atoms with Gasteiger partial charge in [-0.15, -0.1) is 0 Å². The number of hydrogen-bond donors (Lipinski definition) is 2. The van der Waals surface area contributed by atoms with Gasteiger partial charge in [-0.2, -0.15) is 0 Å². The number of carbonyl (C=O) groups is 1. The molecule has 1 aliphatic heterocycles. The fourth-order valence-electron chi connectivity index (χ4n) is 2.31. The largest absolute Gasteiger partial charge is 0.339 e. The maximum atomic E-state index is 11.6. The average molecular weight is 256 g/mol. The minimum atomic E-state index is 0.108. The van der Waals surface area contributed by atoms with E-state index in [-0.39, 0.29) is 12.5 Å². The summed E-state index contributed by atoms with van der Waals surface area (Å²) in [4.78, 5) is 16.0. The van der Waals surface area contributed by atoms with Crippen LogP contribution in [0.15, 0.2) is 0 Å². The Bertz CT molecular complexity index is 237. The molecule has 0 bridgehead atoms. The number of unbranched alkanes of at least 4 members (excludes halogenated alkanes) is 1. The van der Waals surface area contributed by atoms with Crippen molar-refractivity contribution in [3.05, 3.63) is 0 Å². The molecule has 0 spiro atoms. The van der Waals surface area contributed by atoms with Crippen LogP contribution < -0.4 is 11.3 Å². The van der Waals surface area contributed by atoms with E-state index in [2.05, 4.69) is 24.2 Å². The highest BCUT2D eigenvalue weighted by molar-refractivity contribution is 5.78. The SMILES string of the molecule is CC(C)CCCCN1CCN(C(=O)CNN)CC1. The lowest BCUT2D eigenvalue weighted by Gasteiger charge is -2.34. The molecule has 5 heteroatoms. The normalized spacial score (nSPS) is 17.4. The van der Waals surface area contributed by atoms with Gasteiger partial charge in [-0.1, -0.05) is 26.7 Å². The van der Waals surface area contributed by atoms with Crippen molar-refractivity contribution < 1.29 is 4.79 Å². The Kier molecular flexibility index (Phi) is 7.23. The second-order valence-electron chi connectivity index (χ2n) is 5.49. The highest BCUT2D eigenvalue weighted by Gasteiger charge is 2.19. The van der Waals surface area contributed by atoms with Crippen molar-refractivity contribution in [1.82, 2.24) is 15.2 Å². The van der Waals surface area contributed by atoms with Crippen molar-refractivity contribution in [1.29, 1.82) is 0 Å². The quantitative estimate of drug-likeness (QED) is 0.394. The van der Waals surface area contributed by atoms with Crippen molar-refractivity contribution >= 4 is 5.91 Å². The van der Waals surface area contributed by atoms with Gasteiger partial charge < -0.3 is 4.90 Å². The zero-order chi connectivity index (χ0) is 13.4. The predicted molar refractivity (Wildman–Crippen MR) is 73.9 cm³/mol. The summed E-state index contributed by atoms with van der Waals surface area (Å²) in [6.07, 6.45) is 3.91. The van der Waals surface area contributed by atoms with Crippen molar-refractivity contribution in [3.8, 4) is 0 Å². The summed E-state index contributed by atoms with van der Waals surface area (Å²) in [5, 5.41) is 0. The molecule has 0 atom stereocenters. The summed E-state index contributed by atoms with van der Waals surface area (Å²) in [6, 6.07) is 0. The van der Waals surface area contributed by atoms with E-state index in [1.54, 1.807) is 0 Å². The van der Waals surface area contributed by atoms with E-state index in [0.29, 0.717) is 0 Å². The van der Waals surface area contributed by atoms with Crippen LogP contribution in [0, 0.1) is 5.92 Å². The van der Waals surface area contributed by atoms with E-state index in [9.17, 15) is 4.79 Å². The van der Waals surface area contributed by atoms with E-state index < -0.39 is 0 Å². The Hall–Kier alpha value is -0.650. The van der Waals surface area contributed by atoms with Crippen LogP contribution in [0.5, 0.6) is 0 Å². The van der Waals surface area contributed by atoms with Gasteiger partial charge in [0.15, 0.2) is 0 Å². The number of carbonyl (C=O) groups excluding carboxylic acids is 1. The molecule has 0 aliphatic carbocycles. The van der Waals surface area contributed by atoms with Gasteiger partial charge >= 0.3 is 0 Å². The molecule has 0 saturated carbocycles. The Balaban J connectivity index is 2.10. The molecule has 1 amide bonds. The molecule has 1 rings (SSSR count). The van der Waals surface area contributed by atoms with E-state index >= 15 is 0 Å². The number of nitrogens with one attached hydrogen (secondary N) is 1. The van der Waals surface area contributed by atoms with E-state index in [1.807, 2.05) is 4.90 Å². The fourth-order valence-corrected chi connectivity index (χ4v) is 2.31. The molecule has 0 aromatic carbocycles. The van der Waals surface area contributed by atoms with E-state index in [1.165, 1.54) is 25.8 Å². The number of nitrogens with two attached hydrogens (primary N) is 1. The van der Waals surface area contributed by atoms with Crippen LogP contribution in [0.2, 0.25) is 0 Å². The third kappa shape index (κ3) is 5.80. The molecule has 106 valence electrons. The summed E-state index contributed by atoms with van der Waals surface area (Å²) < 4.78 is 0. The summed E-state index contributed by atoms with van der Waals surface area (Å²) in [6.45, 7) is 9.63. The first kappa shape index (κ1) is 15.4. The van der Waals surface area contributed by atoms with Gasteiger partial charge in [0, 0.05) is 26.2 Å². The van der Waals surface area contributed by atoms with Crippen LogP contribution in [-0.4, -0.2) is 55.0 Å². The molecule has 0 unspecified atom stereocenters. The molecule has 1 heterocycles. The van der Waals surface area contributed by atoms with Crippen molar-refractivity contribution in [2.75, 3.05) is 39.3 Å². The fraction of sp³-hybridized carbons (Fsp3) is 0.923. The maximum absolute atomic E-state index is 11.6. The zero-order valence-electron chi connectivity index (χ0n) is 11.8. The summed E-state index contributed by atoms with van der Waals surface area (Å²) in [7, 11) is 0. The zero-order valence-corrected chi connectivity index (χ0v) is 11.8. The van der Waals surface area contributed by atoms with Crippen molar-refractivity contribution in [2.24, 2.45) is 11.8 Å². The van der Waals surface area contributed by atoms with Crippen LogP contribution in [0.1, 0.15) is 33.1 Å². The summed E-state index contributed by atoms with van der Waals surface area (Å²) >= 11 is 0. The van der Waals surface area contributed by atoms with Gasteiger partial charge in [0.05, 0.1) is 6.54 Å². The molecule has 1 aliphatic rings. The highest BCUT2D eigenvalue weighted by Crippen LogP contribution is 2.08. The molecule has 0 aromatic rings. The molecule has 1 fully saturated rings. The van der Waals surface area contributed by atoms with Gasteiger partial charge in [0.25, 0.3) is 0 Å². The Morgan fingerprint density at radius 3 is 2.44 bits per heavy atom. The molecule has 0 radical (unpaired) electrons. The molecule has 5 nitrogen and oxygen atoms in total. The second kappa shape index (κ2) is 8.45. The number of hydrazine groups is 1. The van der Waals surface area contributed by atoms with Crippen molar-refractivity contribution in [2.45, 2.75) is 33.1 Å². The highest BCUT2D eigenvalue weighted by atomic mass is 16.2. The Labute approximate surface area is 111 Å². The van der Waals surface area contributed by atoms with Crippen LogP contribution in [-0.2, 0) is 4.79 Å².